The third kappa shape index (κ3) is 4.41. The van der Waals surface area contributed by atoms with E-state index in [4.69, 9.17) is 11.6 Å². The van der Waals surface area contributed by atoms with E-state index in [9.17, 15) is 13.2 Å². The number of sulfone groups is 1. The smallest absolute Gasteiger partial charge is 0.227 e. The van der Waals surface area contributed by atoms with Crippen molar-refractivity contribution >= 4 is 27.3 Å². The summed E-state index contributed by atoms with van der Waals surface area (Å²) in [7, 11) is -3.27. The first-order valence-electron chi connectivity index (χ1n) is 8.24. The number of hydrogen-bond acceptors (Lipinski definition) is 3. The van der Waals surface area contributed by atoms with Gasteiger partial charge in [0, 0.05) is 18.1 Å². The standard InChI is InChI=1S/C19H20ClNO3S/c20-17-8-6-15(7-9-17)14-19(22)21-11-10-18(25(23,24)13-12-21)16-4-2-1-3-5-16/h1-9,18H,10-14H2. The Labute approximate surface area is 153 Å². The Balaban J connectivity index is 1.71. The molecule has 0 spiro atoms. The average Bonchev–Trinajstić information content (AvgIpc) is 2.76. The molecule has 1 amide bonds. The lowest BCUT2D eigenvalue weighted by atomic mass is 10.1. The molecule has 0 saturated carbocycles. The minimum absolute atomic E-state index is 0.00107. The molecule has 2 aromatic carbocycles. The van der Waals surface area contributed by atoms with Crippen LogP contribution in [0.4, 0.5) is 0 Å². The molecule has 0 bridgehead atoms. The fourth-order valence-electron chi connectivity index (χ4n) is 3.12. The number of benzene rings is 2. The van der Waals surface area contributed by atoms with Crippen LogP contribution in [0.2, 0.25) is 5.02 Å². The first-order chi connectivity index (χ1) is 12.0. The van der Waals surface area contributed by atoms with Gasteiger partial charge in [0.2, 0.25) is 5.91 Å². The second-order valence-electron chi connectivity index (χ2n) is 6.24. The van der Waals surface area contributed by atoms with Crippen LogP contribution in [0.5, 0.6) is 0 Å². The van der Waals surface area contributed by atoms with Crippen molar-refractivity contribution < 1.29 is 13.2 Å². The highest BCUT2D eigenvalue weighted by molar-refractivity contribution is 7.91. The van der Waals surface area contributed by atoms with E-state index in [1.54, 1.807) is 17.0 Å². The lowest BCUT2D eigenvalue weighted by Gasteiger charge is -2.20. The molecule has 1 saturated heterocycles. The first-order valence-corrected chi connectivity index (χ1v) is 10.3. The van der Waals surface area contributed by atoms with Gasteiger partial charge in [-0.1, -0.05) is 54.1 Å². The Morgan fingerprint density at radius 2 is 1.72 bits per heavy atom. The van der Waals surface area contributed by atoms with Gasteiger partial charge >= 0.3 is 0 Å². The second kappa shape index (κ2) is 7.58. The molecule has 0 aromatic heterocycles. The summed E-state index contributed by atoms with van der Waals surface area (Å²) < 4.78 is 25.2. The topological polar surface area (TPSA) is 54.5 Å². The molecule has 0 aliphatic carbocycles. The summed E-state index contributed by atoms with van der Waals surface area (Å²) in [4.78, 5) is 14.2. The molecule has 25 heavy (non-hydrogen) atoms. The first kappa shape index (κ1) is 18.0. The molecule has 2 aromatic rings. The zero-order chi connectivity index (χ0) is 17.9. The molecule has 4 nitrogen and oxygen atoms in total. The van der Waals surface area contributed by atoms with Gasteiger partial charge in [0.25, 0.3) is 0 Å². The molecular formula is C19H20ClNO3S. The van der Waals surface area contributed by atoms with E-state index in [0.29, 0.717) is 18.0 Å². The van der Waals surface area contributed by atoms with Gasteiger partial charge in [-0.05, 0) is 29.7 Å². The van der Waals surface area contributed by atoms with Crippen LogP contribution in [-0.4, -0.2) is 38.1 Å². The fraction of sp³-hybridized carbons (Fsp3) is 0.316. The number of amides is 1. The maximum atomic E-state index is 12.6. The van der Waals surface area contributed by atoms with Crippen molar-refractivity contribution in [2.24, 2.45) is 0 Å². The molecule has 0 radical (unpaired) electrons. The van der Waals surface area contributed by atoms with Crippen LogP contribution in [0.25, 0.3) is 0 Å². The molecule has 1 aliphatic heterocycles. The summed E-state index contributed by atoms with van der Waals surface area (Å²) in [6.07, 6.45) is 0.686. The number of carbonyl (C=O) groups excluding carboxylic acids is 1. The minimum atomic E-state index is -3.27. The van der Waals surface area contributed by atoms with Gasteiger partial charge in [0.15, 0.2) is 9.84 Å². The number of halogens is 1. The van der Waals surface area contributed by atoms with Crippen LogP contribution >= 0.6 is 11.6 Å². The molecular weight excluding hydrogens is 358 g/mol. The van der Waals surface area contributed by atoms with Crippen molar-refractivity contribution in [3.63, 3.8) is 0 Å². The summed E-state index contributed by atoms with van der Waals surface area (Å²) in [6, 6.07) is 16.4. The Morgan fingerprint density at radius 1 is 1.04 bits per heavy atom. The van der Waals surface area contributed by atoms with Crippen molar-refractivity contribution in [3.05, 3.63) is 70.7 Å². The van der Waals surface area contributed by atoms with Crippen molar-refractivity contribution in [3.8, 4) is 0 Å². The van der Waals surface area contributed by atoms with Crippen molar-refractivity contribution in [1.82, 2.24) is 4.90 Å². The Hall–Kier alpha value is -1.85. The highest BCUT2D eigenvalue weighted by Crippen LogP contribution is 2.29. The zero-order valence-corrected chi connectivity index (χ0v) is 15.3. The number of rotatable bonds is 3. The largest absolute Gasteiger partial charge is 0.341 e. The molecule has 1 aliphatic rings. The SMILES string of the molecule is O=C(Cc1ccc(Cl)cc1)N1CCC(c2ccccc2)S(=O)(=O)CC1. The van der Waals surface area contributed by atoms with Crippen LogP contribution < -0.4 is 0 Å². The third-order valence-corrected chi connectivity index (χ3v) is 6.91. The summed E-state index contributed by atoms with van der Waals surface area (Å²) in [5.74, 6) is -0.0509. The molecule has 3 rings (SSSR count). The molecule has 1 fully saturated rings. The Morgan fingerprint density at radius 3 is 2.40 bits per heavy atom. The molecule has 1 heterocycles. The van der Waals surface area contributed by atoms with Crippen LogP contribution in [0.1, 0.15) is 22.8 Å². The van der Waals surface area contributed by atoms with E-state index >= 15 is 0 Å². The van der Waals surface area contributed by atoms with Crippen LogP contribution in [0.15, 0.2) is 54.6 Å². The zero-order valence-electron chi connectivity index (χ0n) is 13.8. The fourth-order valence-corrected chi connectivity index (χ4v) is 5.05. The van der Waals surface area contributed by atoms with E-state index < -0.39 is 15.1 Å². The van der Waals surface area contributed by atoms with Gasteiger partial charge in [0.05, 0.1) is 17.4 Å². The van der Waals surface area contributed by atoms with Gasteiger partial charge in [-0.15, -0.1) is 0 Å². The van der Waals surface area contributed by atoms with Crippen LogP contribution in [0.3, 0.4) is 0 Å². The van der Waals surface area contributed by atoms with Crippen molar-refractivity contribution in [2.75, 3.05) is 18.8 Å². The van der Waals surface area contributed by atoms with Gasteiger partial charge in [-0.3, -0.25) is 4.79 Å². The summed E-state index contributed by atoms with van der Waals surface area (Å²) >= 11 is 5.86. The number of nitrogens with zero attached hydrogens (tertiary/aromatic N) is 1. The van der Waals surface area contributed by atoms with E-state index in [1.165, 1.54) is 0 Å². The highest BCUT2D eigenvalue weighted by Gasteiger charge is 2.32. The molecule has 132 valence electrons. The predicted octanol–water partition coefficient (Wildman–Crippen LogP) is 3.27. The van der Waals surface area contributed by atoms with Crippen molar-refractivity contribution in [1.29, 1.82) is 0 Å². The van der Waals surface area contributed by atoms with E-state index in [-0.39, 0.29) is 24.6 Å². The molecule has 1 unspecified atom stereocenters. The van der Waals surface area contributed by atoms with Gasteiger partial charge in [0.1, 0.15) is 0 Å². The molecule has 6 heteroatoms. The van der Waals surface area contributed by atoms with Gasteiger partial charge in [-0.2, -0.15) is 0 Å². The highest BCUT2D eigenvalue weighted by atomic mass is 35.5. The average molecular weight is 378 g/mol. The predicted molar refractivity (Wildman–Crippen MR) is 99.3 cm³/mol. The van der Waals surface area contributed by atoms with Crippen LogP contribution in [-0.2, 0) is 21.1 Å². The Bertz CT molecular complexity index is 835. The van der Waals surface area contributed by atoms with E-state index in [0.717, 1.165) is 11.1 Å². The van der Waals surface area contributed by atoms with E-state index in [1.807, 2.05) is 42.5 Å². The summed E-state index contributed by atoms with van der Waals surface area (Å²) in [5, 5.41) is 0.0878. The van der Waals surface area contributed by atoms with Crippen LogP contribution in [0, 0.1) is 0 Å². The minimum Gasteiger partial charge on any atom is -0.341 e. The monoisotopic (exact) mass is 377 g/mol. The second-order valence-corrected chi connectivity index (χ2v) is 8.98. The third-order valence-electron chi connectivity index (χ3n) is 4.53. The Kier molecular flexibility index (Phi) is 5.45. The lowest BCUT2D eigenvalue weighted by molar-refractivity contribution is -0.130. The normalized spacial score (nSPS) is 20.0. The molecule has 1 atom stereocenters. The lowest BCUT2D eigenvalue weighted by Crippen LogP contribution is -2.34. The maximum Gasteiger partial charge on any atom is 0.227 e. The van der Waals surface area contributed by atoms with Gasteiger partial charge in [-0.25, -0.2) is 8.42 Å². The number of hydrogen-bond donors (Lipinski definition) is 0. The molecule has 0 N–H and O–H groups in total. The van der Waals surface area contributed by atoms with E-state index in [2.05, 4.69) is 0 Å². The summed E-state index contributed by atoms with van der Waals surface area (Å²) in [6.45, 7) is 0.698. The summed E-state index contributed by atoms with van der Waals surface area (Å²) in [5.41, 5.74) is 1.68. The maximum absolute atomic E-state index is 12.6. The quantitative estimate of drug-likeness (QED) is 0.824. The number of carbonyl (C=O) groups is 1. The van der Waals surface area contributed by atoms with Gasteiger partial charge < -0.3 is 4.90 Å². The van der Waals surface area contributed by atoms with Crippen molar-refractivity contribution in [2.45, 2.75) is 18.1 Å².